The van der Waals surface area contributed by atoms with Crippen molar-refractivity contribution in [3.63, 3.8) is 0 Å². The Labute approximate surface area is 56.4 Å². The summed E-state index contributed by atoms with van der Waals surface area (Å²) in [7, 11) is 0. The number of hydrogen-bond acceptors (Lipinski definition) is 0. The van der Waals surface area contributed by atoms with Crippen LogP contribution in [0.1, 0.15) is 19.8 Å². The zero-order valence-electron chi connectivity index (χ0n) is 4.50. The van der Waals surface area contributed by atoms with Crippen molar-refractivity contribution in [2.45, 2.75) is 19.8 Å². The quantitative estimate of drug-likeness (QED) is 0.365. The number of unbranched alkanes of at least 4 members (excludes halogenated alkanes) is 1. The molecule has 0 aliphatic carbocycles. The standard InChI is InChI=1S/C4H9Cl.Li/c1-2-3-4-5;/h2-4H2,1H3;. The predicted molar refractivity (Wildman–Crippen MR) is 31.4 cm³/mol. The fraction of sp³-hybridized carbons (Fsp3) is 1.00. The Balaban J connectivity index is 0. The van der Waals surface area contributed by atoms with E-state index in [0.29, 0.717) is 0 Å². The summed E-state index contributed by atoms with van der Waals surface area (Å²) in [6.07, 6.45) is 2.37. The van der Waals surface area contributed by atoms with Crippen molar-refractivity contribution in [1.29, 1.82) is 0 Å². The van der Waals surface area contributed by atoms with Crippen LogP contribution in [0.2, 0.25) is 0 Å². The SMILES string of the molecule is CCCCCl.[Li]. The molecule has 0 fully saturated rings. The molecule has 0 aliphatic heterocycles. The first kappa shape index (κ1) is 9.99. The molecule has 0 rings (SSSR count). The Morgan fingerprint density at radius 1 is 1.50 bits per heavy atom. The van der Waals surface area contributed by atoms with Gasteiger partial charge >= 0.3 is 0 Å². The molecule has 0 aromatic heterocycles. The molecule has 0 bridgehead atoms. The van der Waals surface area contributed by atoms with Gasteiger partial charge in [0, 0.05) is 24.7 Å². The van der Waals surface area contributed by atoms with Crippen molar-refractivity contribution in [2.75, 3.05) is 5.88 Å². The summed E-state index contributed by atoms with van der Waals surface area (Å²) in [5.74, 6) is 0.816. The normalized spacial score (nSPS) is 7.00. The van der Waals surface area contributed by atoms with E-state index in [0.717, 1.165) is 12.3 Å². The van der Waals surface area contributed by atoms with E-state index in [-0.39, 0.29) is 18.9 Å². The molecule has 0 spiro atoms. The predicted octanol–water partition coefficient (Wildman–Crippen LogP) is 1.64. The third kappa shape index (κ3) is 8.86. The molecule has 0 aromatic carbocycles. The summed E-state index contributed by atoms with van der Waals surface area (Å²) in [5, 5.41) is 0. The Morgan fingerprint density at radius 3 is 2.00 bits per heavy atom. The van der Waals surface area contributed by atoms with E-state index < -0.39 is 0 Å². The first-order valence-corrected chi connectivity index (χ1v) is 2.51. The topological polar surface area (TPSA) is 0 Å². The van der Waals surface area contributed by atoms with Gasteiger partial charge in [0.15, 0.2) is 0 Å². The van der Waals surface area contributed by atoms with Gasteiger partial charge in [-0.1, -0.05) is 13.3 Å². The van der Waals surface area contributed by atoms with E-state index in [2.05, 4.69) is 6.92 Å². The molecular formula is C4H9ClLi. The molecule has 33 valence electrons. The Hall–Kier alpha value is 0.887. The van der Waals surface area contributed by atoms with Crippen LogP contribution in [0.3, 0.4) is 0 Å². The molecule has 0 nitrogen and oxygen atoms in total. The van der Waals surface area contributed by atoms with Crippen molar-refractivity contribution in [1.82, 2.24) is 0 Å². The molecule has 0 aliphatic rings. The largest absolute Gasteiger partial charge is 0.127 e. The zero-order valence-corrected chi connectivity index (χ0v) is 5.26. The smallest absolute Gasteiger partial charge is 0.0223 e. The maximum Gasteiger partial charge on any atom is 0.0223 e. The van der Waals surface area contributed by atoms with E-state index >= 15 is 0 Å². The van der Waals surface area contributed by atoms with Crippen molar-refractivity contribution >= 4 is 30.5 Å². The molecule has 2 heteroatoms. The van der Waals surface area contributed by atoms with Gasteiger partial charge in [0.25, 0.3) is 0 Å². The monoisotopic (exact) mass is 99.1 g/mol. The van der Waals surface area contributed by atoms with Crippen LogP contribution in [0.25, 0.3) is 0 Å². The van der Waals surface area contributed by atoms with Crippen molar-refractivity contribution in [3.05, 3.63) is 0 Å². The minimum Gasteiger partial charge on any atom is -0.127 e. The minimum absolute atomic E-state index is 0. The first-order chi connectivity index (χ1) is 2.41. The summed E-state index contributed by atoms with van der Waals surface area (Å²) in [6.45, 7) is 2.13. The molecule has 0 amide bonds. The van der Waals surface area contributed by atoms with Crippen molar-refractivity contribution in [3.8, 4) is 0 Å². The van der Waals surface area contributed by atoms with E-state index in [4.69, 9.17) is 11.6 Å². The van der Waals surface area contributed by atoms with Gasteiger partial charge in [0.05, 0.1) is 0 Å². The third-order valence-electron chi connectivity index (χ3n) is 0.487. The fourth-order valence-electron chi connectivity index (χ4n) is 0.134. The Morgan fingerprint density at radius 2 is 2.00 bits per heavy atom. The fourth-order valence-corrected chi connectivity index (χ4v) is 0.401. The van der Waals surface area contributed by atoms with Crippen LogP contribution in [-0.2, 0) is 0 Å². The van der Waals surface area contributed by atoms with E-state index in [1.807, 2.05) is 0 Å². The molecule has 0 N–H and O–H groups in total. The molecule has 0 aromatic rings. The molecule has 1 radical (unpaired) electrons. The van der Waals surface area contributed by atoms with Crippen molar-refractivity contribution < 1.29 is 0 Å². The molecular weight excluding hydrogens is 90.4 g/mol. The summed E-state index contributed by atoms with van der Waals surface area (Å²) in [5.41, 5.74) is 0. The number of halogens is 1. The van der Waals surface area contributed by atoms with Crippen LogP contribution in [0.4, 0.5) is 0 Å². The second-order valence-corrected chi connectivity index (χ2v) is 1.42. The van der Waals surface area contributed by atoms with Crippen LogP contribution in [-0.4, -0.2) is 24.7 Å². The third-order valence-corrected chi connectivity index (χ3v) is 0.754. The zero-order chi connectivity index (χ0) is 4.12. The second-order valence-electron chi connectivity index (χ2n) is 1.04. The van der Waals surface area contributed by atoms with Gasteiger partial charge in [0.1, 0.15) is 0 Å². The van der Waals surface area contributed by atoms with Gasteiger partial charge < -0.3 is 0 Å². The van der Waals surface area contributed by atoms with E-state index in [1.165, 1.54) is 6.42 Å². The molecule has 0 saturated carbocycles. The molecule has 6 heavy (non-hydrogen) atoms. The van der Waals surface area contributed by atoms with Crippen LogP contribution in [0, 0.1) is 0 Å². The molecule has 0 heterocycles. The van der Waals surface area contributed by atoms with Crippen LogP contribution in [0.15, 0.2) is 0 Å². The van der Waals surface area contributed by atoms with E-state index in [1.54, 1.807) is 0 Å². The second kappa shape index (κ2) is 9.31. The van der Waals surface area contributed by atoms with Gasteiger partial charge in [-0.2, -0.15) is 0 Å². The Kier molecular flexibility index (Phi) is 15.5. The number of alkyl halides is 1. The van der Waals surface area contributed by atoms with Crippen LogP contribution >= 0.6 is 11.6 Å². The van der Waals surface area contributed by atoms with Gasteiger partial charge in [-0.3, -0.25) is 0 Å². The molecule has 0 unspecified atom stereocenters. The van der Waals surface area contributed by atoms with Crippen LogP contribution in [0.5, 0.6) is 0 Å². The van der Waals surface area contributed by atoms with Crippen LogP contribution < -0.4 is 0 Å². The summed E-state index contributed by atoms with van der Waals surface area (Å²) >= 11 is 5.30. The minimum atomic E-state index is 0. The maximum absolute atomic E-state index is 5.30. The summed E-state index contributed by atoms with van der Waals surface area (Å²) in [6, 6.07) is 0. The average Bonchev–Trinajstić information content (AvgIpc) is 1.41. The van der Waals surface area contributed by atoms with Crippen molar-refractivity contribution in [2.24, 2.45) is 0 Å². The summed E-state index contributed by atoms with van der Waals surface area (Å²) in [4.78, 5) is 0. The Bertz CT molecular complexity index is 15.0. The molecule has 0 saturated heterocycles. The average molecular weight is 99.5 g/mol. The maximum atomic E-state index is 5.30. The number of rotatable bonds is 2. The van der Waals surface area contributed by atoms with Gasteiger partial charge in [-0.25, -0.2) is 0 Å². The van der Waals surface area contributed by atoms with E-state index in [9.17, 15) is 0 Å². The van der Waals surface area contributed by atoms with Gasteiger partial charge in [-0.05, 0) is 6.42 Å². The van der Waals surface area contributed by atoms with Gasteiger partial charge in [0.2, 0.25) is 0 Å². The number of hydrogen-bond donors (Lipinski definition) is 0. The summed E-state index contributed by atoms with van der Waals surface area (Å²) < 4.78 is 0. The first-order valence-electron chi connectivity index (χ1n) is 1.97. The molecule has 0 atom stereocenters. The van der Waals surface area contributed by atoms with Gasteiger partial charge in [-0.15, -0.1) is 11.6 Å².